The topological polar surface area (TPSA) is 38.7 Å². The second kappa shape index (κ2) is 4.65. The van der Waals surface area contributed by atoms with Crippen LogP contribution in [0.1, 0.15) is 25.1 Å². The fraction of sp³-hybridized carbons (Fsp3) is 0.364. The minimum Gasteiger partial charge on any atom is -0.251 e. The Kier molecular flexibility index (Phi) is 3.51. The van der Waals surface area contributed by atoms with Crippen molar-refractivity contribution in [1.29, 1.82) is 0 Å². The molecule has 14 heavy (non-hydrogen) atoms. The fourth-order valence-electron chi connectivity index (χ4n) is 1.09. The molecule has 0 bridgehead atoms. The zero-order chi connectivity index (χ0) is 10.6. The van der Waals surface area contributed by atoms with E-state index in [0.717, 1.165) is 22.4 Å². The summed E-state index contributed by atoms with van der Waals surface area (Å²) in [5, 5.41) is 0. The average Bonchev–Trinajstić information content (AvgIpc) is 2.23. The highest BCUT2D eigenvalue weighted by Gasteiger charge is 1.99. The van der Waals surface area contributed by atoms with Gasteiger partial charge in [-0.2, -0.15) is 0 Å². The summed E-state index contributed by atoms with van der Waals surface area (Å²) in [5.74, 6) is 0. The van der Waals surface area contributed by atoms with Crippen molar-refractivity contribution in [3.8, 4) is 0 Å². The SMILES string of the molecule is CC.Cc1cc2nccnc2nc1C. The van der Waals surface area contributed by atoms with Crippen LogP contribution in [0.2, 0.25) is 0 Å². The van der Waals surface area contributed by atoms with E-state index in [0.29, 0.717) is 0 Å². The highest BCUT2D eigenvalue weighted by atomic mass is 14.9. The molecule has 0 aliphatic rings. The highest BCUT2D eigenvalue weighted by molar-refractivity contribution is 5.70. The summed E-state index contributed by atoms with van der Waals surface area (Å²) in [4.78, 5) is 12.6. The summed E-state index contributed by atoms with van der Waals surface area (Å²) in [5.41, 5.74) is 3.76. The smallest absolute Gasteiger partial charge is 0.178 e. The number of rotatable bonds is 0. The molecule has 0 atom stereocenters. The molecule has 2 heterocycles. The molecule has 0 amide bonds. The van der Waals surface area contributed by atoms with Crippen LogP contribution in [0.5, 0.6) is 0 Å². The van der Waals surface area contributed by atoms with Crippen LogP contribution in [-0.2, 0) is 0 Å². The van der Waals surface area contributed by atoms with E-state index in [4.69, 9.17) is 0 Å². The Morgan fingerprint density at radius 2 is 1.64 bits per heavy atom. The van der Waals surface area contributed by atoms with Crippen LogP contribution >= 0.6 is 0 Å². The van der Waals surface area contributed by atoms with Gasteiger partial charge in [-0.25, -0.2) is 9.97 Å². The maximum Gasteiger partial charge on any atom is 0.178 e. The maximum absolute atomic E-state index is 4.30. The van der Waals surface area contributed by atoms with Gasteiger partial charge in [0.2, 0.25) is 0 Å². The van der Waals surface area contributed by atoms with Gasteiger partial charge in [0, 0.05) is 18.1 Å². The summed E-state index contributed by atoms with van der Waals surface area (Å²) < 4.78 is 0. The summed E-state index contributed by atoms with van der Waals surface area (Å²) in [6, 6.07) is 2.00. The Balaban J connectivity index is 0.000000461. The van der Waals surface area contributed by atoms with Gasteiger partial charge in [0.25, 0.3) is 0 Å². The van der Waals surface area contributed by atoms with Gasteiger partial charge >= 0.3 is 0 Å². The van der Waals surface area contributed by atoms with Crippen molar-refractivity contribution in [3.05, 3.63) is 29.7 Å². The molecule has 0 aliphatic carbocycles. The quantitative estimate of drug-likeness (QED) is 0.639. The first-order valence-corrected chi connectivity index (χ1v) is 4.82. The first-order chi connectivity index (χ1) is 6.77. The highest BCUT2D eigenvalue weighted by Crippen LogP contribution is 2.10. The summed E-state index contributed by atoms with van der Waals surface area (Å²) in [6.07, 6.45) is 3.34. The Hall–Kier alpha value is -1.51. The van der Waals surface area contributed by atoms with Gasteiger partial charge < -0.3 is 0 Å². The molecule has 0 spiro atoms. The largest absolute Gasteiger partial charge is 0.251 e. The predicted molar refractivity (Wildman–Crippen MR) is 58.2 cm³/mol. The van der Waals surface area contributed by atoms with E-state index in [-0.39, 0.29) is 0 Å². The number of aryl methyl sites for hydroxylation is 2. The van der Waals surface area contributed by atoms with Gasteiger partial charge in [-0.05, 0) is 25.5 Å². The number of nitrogens with zero attached hydrogens (tertiary/aromatic N) is 3. The number of pyridine rings is 1. The standard InChI is InChI=1S/C9H9N3.C2H6/c1-6-5-8-9(12-7(6)2)11-4-3-10-8;1-2/h3-5H,1-2H3;1-2H3. The van der Waals surface area contributed by atoms with Crippen LogP contribution in [0.25, 0.3) is 11.2 Å². The molecule has 2 aromatic rings. The van der Waals surface area contributed by atoms with Crippen molar-refractivity contribution in [2.45, 2.75) is 27.7 Å². The fourth-order valence-corrected chi connectivity index (χ4v) is 1.09. The van der Waals surface area contributed by atoms with E-state index in [1.54, 1.807) is 12.4 Å². The molecular formula is C11H15N3. The molecule has 3 heteroatoms. The Morgan fingerprint density at radius 1 is 1.00 bits per heavy atom. The van der Waals surface area contributed by atoms with E-state index < -0.39 is 0 Å². The molecular weight excluding hydrogens is 174 g/mol. The van der Waals surface area contributed by atoms with Gasteiger partial charge in [-0.3, -0.25) is 4.98 Å². The van der Waals surface area contributed by atoms with Crippen molar-refractivity contribution < 1.29 is 0 Å². The Morgan fingerprint density at radius 3 is 2.36 bits per heavy atom. The molecule has 0 fully saturated rings. The minimum absolute atomic E-state index is 0.723. The zero-order valence-corrected chi connectivity index (χ0v) is 9.07. The summed E-state index contributed by atoms with van der Waals surface area (Å²) >= 11 is 0. The minimum atomic E-state index is 0.723. The van der Waals surface area contributed by atoms with Gasteiger partial charge in [0.05, 0.1) is 0 Å². The second-order valence-electron chi connectivity index (χ2n) is 2.79. The molecule has 74 valence electrons. The third-order valence-corrected chi connectivity index (χ3v) is 1.90. The van der Waals surface area contributed by atoms with Gasteiger partial charge in [0.1, 0.15) is 5.52 Å². The molecule has 2 rings (SSSR count). The van der Waals surface area contributed by atoms with E-state index >= 15 is 0 Å². The van der Waals surface area contributed by atoms with Crippen LogP contribution in [-0.4, -0.2) is 15.0 Å². The second-order valence-corrected chi connectivity index (χ2v) is 2.79. The van der Waals surface area contributed by atoms with Crippen LogP contribution in [0.15, 0.2) is 18.5 Å². The molecule has 0 saturated heterocycles. The third kappa shape index (κ3) is 2.05. The summed E-state index contributed by atoms with van der Waals surface area (Å²) in [7, 11) is 0. The lowest BCUT2D eigenvalue weighted by Gasteiger charge is -1.99. The first kappa shape index (κ1) is 10.6. The number of hydrogen-bond acceptors (Lipinski definition) is 3. The molecule has 0 aliphatic heterocycles. The van der Waals surface area contributed by atoms with E-state index in [9.17, 15) is 0 Å². The molecule has 0 radical (unpaired) electrons. The van der Waals surface area contributed by atoms with E-state index in [1.807, 2.05) is 33.8 Å². The average molecular weight is 189 g/mol. The van der Waals surface area contributed by atoms with Crippen molar-refractivity contribution in [2.24, 2.45) is 0 Å². The van der Waals surface area contributed by atoms with E-state index in [1.165, 1.54) is 0 Å². The number of fused-ring (bicyclic) bond motifs is 1. The van der Waals surface area contributed by atoms with Gasteiger partial charge in [-0.1, -0.05) is 13.8 Å². The lowest BCUT2D eigenvalue weighted by atomic mass is 10.2. The van der Waals surface area contributed by atoms with Crippen LogP contribution in [0, 0.1) is 13.8 Å². The Bertz CT molecular complexity index is 383. The van der Waals surface area contributed by atoms with Crippen molar-refractivity contribution in [3.63, 3.8) is 0 Å². The first-order valence-electron chi connectivity index (χ1n) is 4.82. The number of aromatic nitrogens is 3. The predicted octanol–water partition coefficient (Wildman–Crippen LogP) is 2.67. The third-order valence-electron chi connectivity index (χ3n) is 1.90. The molecule has 2 aromatic heterocycles. The number of hydrogen-bond donors (Lipinski definition) is 0. The van der Waals surface area contributed by atoms with Gasteiger partial charge in [-0.15, -0.1) is 0 Å². The lowest BCUT2D eigenvalue weighted by molar-refractivity contribution is 1.14. The van der Waals surface area contributed by atoms with Crippen molar-refractivity contribution in [2.75, 3.05) is 0 Å². The molecule has 3 nitrogen and oxygen atoms in total. The Labute approximate surface area is 84.2 Å². The monoisotopic (exact) mass is 189 g/mol. The maximum atomic E-state index is 4.30. The van der Waals surface area contributed by atoms with Crippen LogP contribution < -0.4 is 0 Å². The molecule has 0 unspecified atom stereocenters. The van der Waals surface area contributed by atoms with E-state index in [2.05, 4.69) is 15.0 Å². The summed E-state index contributed by atoms with van der Waals surface area (Å²) in [6.45, 7) is 8.00. The molecule has 0 aromatic carbocycles. The van der Waals surface area contributed by atoms with Crippen LogP contribution in [0.3, 0.4) is 0 Å². The van der Waals surface area contributed by atoms with Gasteiger partial charge in [0.15, 0.2) is 5.65 Å². The zero-order valence-electron chi connectivity index (χ0n) is 9.07. The lowest BCUT2D eigenvalue weighted by Crippen LogP contribution is -1.91. The normalized spacial score (nSPS) is 9.43. The van der Waals surface area contributed by atoms with Crippen molar-refractivity contribution in [1.82, 2.24) is 15.0 Å². The molecule has 0 N–H and O–H groups in total. The van der Waals surface area contributed by atoms with Crippen molar-refractivity contribution >= 4 is 11.2 Å². The van der Waals surface area contributed by atoms with Crippen LogP contribution in [0.4, 0.5) is 0 Å². The molecule has 0 saturated carbocycles.